The molecule has 1 amide bonds. The minimum absolute atomic E-state index is 0.0972. The quantitative estimate of drug-likeness (QED) is 0.367. The molecule has 3 aromatic rings. The van der Waals surface area contributed by atoms with Crippen molar-refractivity contribution in [1.29, 1.82) is 0 Å². The molecule has 1 fully saturated rings. The van der Waals surface area contributed by atoms with Crippen molar-refractivity contribution in [2.24, 2.45) is 0 Å². The molecule has 1 aromatic heterocycles. The number of anilines is 1. The summed E-state index contributed by atoms with van der Waals surface area (Å²) in [5, 5.41) is 0. The third-order valence-corrected chi connectivity index (χ3v) is 6.08. The normalized spacial score (nSPS) is 18.3. The Hall–Kier alpha value is -3.74. The molecular formula is C25H21F7N4O2. The number of aromatic nitrogens is 2. The zero-order valence-electron chi connectivity index (χ0n) is 19.8. The van der Waals surface area contributed by atoms with Crippen molar-refractivity contribution in [3.05, 3.63) is 83.7 Å². The number of benzene rings is 2. The molecule has 0 N–H and O–H groups in total. The summed E-state index contributed by atoms with van der Waals surface area (Å²) in [6.45, 7) is 0.173. The van der Waals surface area contributed by atoms with Crippen LogP contribution in [0, 0.1) is 5.82 Å². The number of likely N-dealkylation sites (N-methyl/N-ethyl adjacent to an activating group) is 1. The number of nitrogens with zero attached hydrogens (tertiary/aromatic N) is 4. The number of carbonyl (C=O) groups excluding carboxylic acids is 1. The summed E-state index contributed by atoms with van der Waals surface area (Å²) in [4.78, 5) is 23.3. The first-order valence-electron chi connectivity index (χ1n) is 11.4. The Bertz CT molecular complexity index is 1280. The first-order chi connectivity index (χ1) is 17.8. The number of carbonyl (C=O) groups is 1. The summed E-state index contributed by atoms with van der Waals surface area (Å²) in [7, 11) is 1.63. The summed E-state index contributed by atoms with van der Waals surface area (Å²) >= 11 is 0. The maximum Gasteiger partial charge on any atom is 0.573 e. The number of hydrogen-bond acceptors (Lipinski definition) is 5. The van der Waals surface area contributed by atoms with Gasteiger partial charge in [-0.05, 0) is 61.5 Å². The van der Waals surface area contributed by atoms with Crippen LogP contribution in [-0.4, -0.2) is 46.8 Å². The Morgan fingerprint density at radius 1 is 1.05 bits per heavy atom. The monoisotopic (exact) mass is 542 g/mol. The Morgan fingerprint density at radius 2 is 1.76 bits per heavy atom. The number of alkyl halides is 6. The fourth-order valence-corrected chi connectivity index (χ4v) is 4.33. The van der Waals surface area contributed by atoms with Gasteiger partial charge in [-0.15, -0.1) is 13.2 Å². The Morgan fingerprint density at radius 3 is 2.39 bits per heavy atom. The zero-order valence-corrected chi connectivity index (χ0v) is 19.8. The number of rotatable bonds is 7. The fourth-order valence-electron chi connectivity index (χ4n) is 4.33. The van der Waals surface area contributed by atoms with Crippen molar-refractivity contribution in [1.82, 2.24) is 14.9 Å². The molecule has 38 heavy (non-hydrogen) atoms. The Labute approximate surface area is 212 Å². The summed E-state index contributed by atoms with van der Waals surface area (Å²) in [5.74, 6) is -2.65. The molecule has 4 rings (SSSR count). The van der Waals surface area contributed by atoms with Crippen molar-refractivity contribution in [2.75, 3.05) is 18.5 Å². The molecule has 6 nitrogen and oxygen atoms in total. The van der Waals surface area contributed by atoms with Crippen molar-refractivity contribution in [3.8, 4) is 5.75 Å². The van der Waals surface area contributed by atoms with Crippen LogP contribution < -0.4 is 9.64 Å². The van der Waals surface area contributed by atoms with Crippen LogP contribution in [0.5, 0.6) is 5.75 Å². The molecule has 202 valence electrons. The molecule has 0 bridgehead atoms. The lowest BCUT2D eigenvalue weighted by Crippen LogP contribution is -2.40. The fraction of sp³-hybridized carbons (Fsp3) is 0.320. The van der Waals surface area contributed by atoms with Crippen molar-refractivity contribution in [2.45, 2.75) is 37.5 Å². The van der Waals surface area contributed by atoms with Gasteiger partial charge >= 0.3 is 12.5 Å². The van der Waals surface area contributed by atoms with Gasteiger partial charge in [0.05, 0.1) is 12.1 Å². The largest absolute Gasteiger partial charge is 0.573 e. The summed E-state index contributed by atoms with van der Waals surface area (Å²) in [6.07, 6.45) is -8.26. The third kappa shape index (κ3) is 6.39. The topological polar surface area (TPSA) is 58.6 Å². The van der Waals surface area contributed by atoms with Gasteiger partial charge < -0.3 is 9.64 Å². The molecule has 1 aliphatic heterocycles. The lowest BCUT2D eigenvalue weighted by Gasteiger charge is -2.26. The molecule has 1 aliphatic rings. The Balaban J connectivity index is 1.56. The number of hydrogen-bond donors (Lipinski definition) is 0. The van der Waals surface area contributed by atoms with Crippen LogP contribution in [0.4, 0.5) is 36.4 Å². The van der Waals surface area contributed by atoms with Crippen LogP contribution in [0.1, 0.15) is 29.5 Å². The van der Waals surface area contributed by atoms with Crippen LogP contribution >= 0.6 is 0 Å². The number of amides is 1. The molecule has 1 saturated heterocycles. The molecule has 0 saturated carbocycles. The molecular weight excluding hydrogens is 521 g/mol. The molecule has 0 spiro atoms. The maximum atomic E-state index is 14.0. The second-order valence-corrected chi connectivity index (χ2v) is 8.67. The van der Waals surface area contributed by atoms with Gasteiger partial charge in [-0.2, -0.15) is 13.2 Å². The standard InChI is InChI=1S/C25H21F7N4O2/c1-35(12-10-17-9-11-33-23(34-17)24(27,28)29)21-14-20(15-3-2-4-16(26)13-15)36(22(21)37)18-5-7-19(8-6-18)38-25(30,31)32/h2-9,11,13,20-21H,10,12,14H2,1H3/t20-,21-/m1/s1. The van der Waals surface area contributed by atoms with Gasteiger partial charge in [0.1, 0.15) is 11.6 Å². The summed E-state index contributed by atoms with van der Waals surface area (Å²) in [5.41, 5.74) is 0.902. The van der Waals surface area contributed by atoms with Crippen LogP contribution in [0.2, 0.25) is 0 Å². The van der Waals surface area contributed by atoms with Crippen LogP contribution in [0.15, 0.2) is 60.8 Å². The van der Waals surface area contributed by atoms with Crippen LogP contribution in [0.25, 0.3) is 0 Å². The molecule has 2 heterocycles. The minimum Gasteiger partial charge on any atom is -0.406 e. The molecule has 0 radical (unpaired) electrons. The minimum atomic E-state index is -4.88. The molecule has 0 unspecified atom stereocenters. The van der Waals surface area contributed by atoms with Crippen LogP contribution in [0.3, 0.4) is 0 Å². The van der Waals surface area contributed by atoms with Crippen LogP contribution in [-0.2, 0) is 17.4 Å². The first kappa shape index (κ1) is 27.3. The van der Waals surface area contributed by atoms with Crippen molar-refractivity contribution < 1.29 is 40.3 Å². The maximum absolute atomic E-state index is 14.0. The van der Waals surface area contributed by atoms with E-state index in [1.165, 1.54) is 41.3 Å². The number of ether oxygens (including phenoxy) is 1. The van der Waals surface area contributed by atoms with Gasteiger partial charge in [-0.1, -0.05) is 12.1 Å². The van der Waals surface area contributed by atoms with Gasteiger partial charge in [-0.25, -0.2) is 14.4 Å². The van der Waals surface area contributed by atoms with Gasteiger partial charge in [0.2, 0.25) is 11.7 Å². The second-order valence-electron chi connectivity index (χ2n) is 8.67. The average Bonchev–Trinajstić information content (AvgIpc) is 3.19. The van der Waals surface area contributed by atoms with Gasteiger partial charge in [0.15, 0.2) is 0 Å². The van der Waals surface area contributed by atoms with Gasteiger partial charge in [0.25, 0.3) is 0 Å². The highest BCUT2D eigenvalue weighted by atomic mass is 19.4. The van der Waals surface area contributed by atoms with E-state index in [9.17, 15) is 35.5 Å². The zero-order chi connectivity index (χ0) is 27.7. The van der Waals surface area contributed by atoms with E-state index < -0.39 is 47.9 Å². The third-order valence-electron chi connectivity index (χ3n) is 6.08. The number of halogens is 7. The highest BCUT2D eigenvalue weighted by molar-refractivity contribution is 6.00. The van der Waals surface area contributed by atoms with E-state index in [-0.39, 0.29) is 30.8 Å². The molecule has 0 aliphatic carbocycles. The molecule has 2 aromatic carbocycles. The highest BCUT2D eigenvalue weighted by Crippen LogP contribution is 2.40. The van der Waals surface area contributed by atoms with E-state index in [0.29, 0.717) is 5.56 Å². The Kier molecular flexibility index (Phi) is 7.58. The lowest BCUT2D eigenvalue weighted by atomic mass is 10.0. The highest BCUT2D eigenvalue weighted by Gasteiger charge is 2.43. The van der Waals surface area contributed by atoms with E-state index in [4.69, 9.17) is 0 Å². The van der Waals surface area contributed by atoms with E-state index in [1.807, 2.05) is 0 Å². The van der Waals surface area contributed by atoms with E-state index >= 15 is 0 Å². The predicted molar refractivity (Wildman–Crippen MR) is 122 cm³/mol. The predicted octanol–water partition coefficient (Wildman–Crippen LogP) is 5.55. The lowest BCUT2D eigenvalue weighted by molar-refractivity contribution is -0.274. The van der Waals surface area contributed by atoms with E-state index in [1.54, 1.807) is 18.0 Å². The second kappa shape index (κ2) is 10.6. The smallest absolute Gasteiger partial charge is 0.406 e. The SMILES string of the molecule is CN(CCc1ccnc(C(F)(F)F)n1)[C@@H]1C[C@H](c2cccc(F)c2)N(c2ccc(OC(F)(F)F)cc2)C1=O. The molecule has 2 atom stereocenters. The van der Waals surface area contributed by atoms with Crippen molar-refractivity contribution >= 4 is 11.6 Å². The van der Waals surface area contributed by atoms with E-state index in [2.05, 4.69) is 14.7 Å². The molecule has 13 heteroatoms. The summed E-state index contributed by atoms with van der Waals surface area (Å²) in [6, 6.07) is 10.4. The average molecular weight is 542 g/mol. The van der Waals surface area contributed by atoms with E-state index in [0.717, 1.165) is 18.3 Å². The first-order valence-corrected chi connectivity index (χ1v) is 11.4. The van der Waals surface area contributed by atoms with Gasteiger partial charge in [0, 0.05) is 30.5 Å². The summed E-state index contributed by atoms with van der Waals surface area (Å²) < 4.78 is 94.3. The van der Waals surface area contributed by atoms with Gasteiger partial charge in [-0.3, -0.25) is 9.69 Å². The van der Waals surface area contributed by atoms with Crippen molar-refractivity contribution in [3.63, 3.8) is 0 Å².